The van der Waals surface area contributed by atoms with Crippen LogP contribution >= 0.6 is 27.7 Å². The summed E-state index contributed by atoms with van der Waals surface area (Å²) in [5.41, 5.74) is 1.97. The van der Waals surface area contributed by atoms with Crippen LogP contribution in [0.4, 0.5) is 16.2 Å². The van der Waals surface area contributed by atoms with Gasteiger partial charge in [-0.2, -0.15) is 0 Å². The molecule has 132 valence electrons. The van der Waals surface area contributed by atoms with Gasteiger partial charge in [-0.3, -0.25) is 4.90 Å². The molecule has 3 aromatic carbocycles. The van der Waals surface area contributed by atoms with Crippen LogP contribution in [-0.2, 0) is 6.54 Å². The molecule has 6 heteroatoms. The van der Waals surface area contributed by atoms with Crippen LogP contribution in [-0.4, -0.2) is 11.1 Å². The Labute approximate surface area is 165 Å². The molecule has 2 amide bonds. The number of halogens is 2. The zero-order valence-electron chi connectivity index (χ0n) is 13.7. The second-order valence-electron chi connectivity index (χ2n) is 5.59. The van der Waals surface area contributed by atoms with Crippen molar-refractivity contribution >= 4 is 45.2 Å². The van der Waals surface area contributed by atoms with Crippen LogP contribution in [0, 0.1) is 0 Å². The summed E-state index contributed by atoms with van der Waals surface area (Å²) in [5, 5.41) is 10.6. The van der Waals surface area contributed by atoms with Gasteiger partial charge in [-0.25, -0.2) is 8.72 Å². The number of anilines is 2. The third-order valence-electron chi connectivity index (χ3n) is 3.82. The van der Waals surface area contributed by atoms with E-state index in [0.717, 1.165) is 0 Å². The normalized spacial score (nSPS) is 10.4. The second-order valence-corrected chi connectivity index (χ2v) is 6.74. The first-order valence-electron chi connectivity index (χ1n) is 7.91. The Morgan fingerprint density at radius 2 is 1.50 bits per heavy atom. The Bertz CT molecular complexity index is 891. The maximum atomic E-state index is 13.1. The SMILES string of the molecule is O=C(N(Br)c1ccccc1)N(Cc1cc(Cl)ccc1O)c1ccccc1. The first kappa shape index (κ1) is 18.3. The van der Waals surface area contributed by atoms with Crippen molar-refractivity contribution in [1.82, 2.24) is 0 Å². The molecule has 4 nitrogen and oxygen atoms in total. The zero-order chi connectivity index (χ0) is 18.5. The van der Waals surface area contributed by atoms with E-state index < -0.39 is 0 Å². The number of rotatable bonds is 4. The molecule has 0 radical (unpaired) electrons. The summed E-state index contributed by atoms with van der Waals surface area (Å²) in [7, 11) is 0. The quantitative estimate of drug-likeness (QED) is 0.516. The van der Waals surface area contributed by atoms with Gasteiger partial charge >= 0.3 is 6.03 Å². The molecule has 0 unspecified atom stereocenters. The summed E-state index contributed by atoms with van der Waals surface area (Å²) >= 11 is 9.40. The number of carbonyl (C=O) groups excluding carboxylic acids is 1. The molecule has 0 aliphatic rings. The number of phenols is 1. The van der Waals surface area contributed by atoms with Gasteiger partial charge in [0.15, 0.2) is 0 Å². The van der Waals surface area contributed by atoms with Crippen LogP contribution in [0.3, 0.4) is 0 Å². The average molecular weight is 432 g/mol. The fourth-order valence-corrected chi connectivity index (χ4v) is 3.13. The number of aromatic hydroxyl groups is 1. The van der Waals surface area contributed by atoms with Crippen molar-refractivity contribution in [2.45, 2.75) is 6.54 Å². The molecule has 0 atom stereocenters. The number of hydrogen-bond donors (Lipinski definition) is 1. The van der Waals surface area contributed by atoms with Crippen LogP contribution in [0.5, 0.6) is 5.75 Å². The lowest BCUT2D eigenvalue weighted by Gasteiger charge is -2.27. The van der Waals surface area contributed by atoms with E-state index in [4.69, 9.17) is 11.6 Å². The minimum atomic E-state index is -0.290. The van der Waals surface area contributed by atoms with Crippen LogP contribution in [0.2, 0.25) is 5.02 Å². The monoisotopic (exact) mass is 430 g/mol. The minimum Gasteiger partial charge on any atom is -0.508 e. The maximum Gasteiger partial charge on any atom is 0.339 e. The average Bonchev–Trinajstić information content (AvgIpc) is 2.69. The Kier molecular flexibility index (Phi) is 5.81. The molecule has 0 heterocycles. The Hall–Kier alpha value is -2.50. The van der Waals surface area contributed by atoms with Crippen LogP contribution in [0.15, 0.2) is 78.9 Å². The highest BCUT2D eigenvalue weighted by Crippen LogP contribution is 2.28. The summed E-state index contributed by atoms with van der Waals surface area (Å²) < 4.78 is 1.39. The third kappa shape index (κ3) is 4.18. The molecule has 0 fully saturated rings. The smallest absolute Gasteiger partial charge is 0.339 e. The van der Waals surface area contributed by atoms with Gasteiger partial charge < -0.3 is 5.11 Å². The number of para-hydroxylation sites is 2. The van der Waals surface area contributed by atoms with Crippen molar-refractivity contribution in [1.29, 1.82) is 0 Å². The Morgan fingerprint density at radius 1 is 0.923 bits per heavy atom. The summed E-state index contributed by atoms with van der Waals surface area (Å²) in [4.78, 5) is 14.7. The Morgan fingerprint density at radius 3 is 2.12 bits per heavy atom. The van der Waals surface area contributed by atoms with Gasteiger partial charge in [0.25, 0.3) is 0 Å². The molecule has 0 spiro atoms. The fourth-order valence-electron chi connectivity index (χ4n) is 2.50. The molecule has 0 aliphatic carbocycles. The molecule has 3 aromatic rings. The summed E-state index contributed by atoms with van der Waals surface area (Å²) in [6.45, 7) is 0.171. The van der Waals surface area contributed by atoms with Gasteiger partial charge in [0.1, 0.15) is 5.75 Å². The van der Waals surface area contributed by atoms with Crippen molar-refractivity contribution in [2.75, 3.05) is 8.83 Å². The number of amides is 2. The number of hydrogen-bond acceptors (Lipinski definition) is 2. The number of nitrogens with zero attached hydrogens (tertiary/aromatic N) is 2. The van der Waals surface area contributed by atoms with Crippen molar-refractivity contribution in [3.8, 4) is 5.75 Å². The summed E-state index contributed by atoms with van der Waals surface area (Å²) in [6, 6.07) is 23.0. The van der Waals surface area contributed by atoms with Gasteiger partial charge in [0.2, 0.25) is 0 Å². The van der Waals surface area contributed by atoms with E-state index >= 15 is 0 Å². The Balaban J connectivity index is 1.96. The van der Waals surface area contributed by atoms with Gasteiger partial charge in [-0.05, 0) is 42.5 Å². The zero-order valence-corrected chi connectivity index (χ0v) is 16.1. The van der Waals surface area contributed by atoms with Crippen molar-refractivity contribution in [3.63, 3.8) is 0 Å². The van der Waals surface area contributed by atoms with Crippen LogP contribution in [0.25, 0.3) is 0 Å². The van der Waals surface area contributed by atoms with E-state index in [1.807, 2.05) is 60.7 Å². The van der Waals surface area contributed by atoms with Crippen molar-refractivity contribution < 1.29 is 9.90 Å². The molecule has 0 saturated carbocycles. The number of carbonyl (C=O) groups is 1. The molecule has 0 aromatic heterocycles. The number of benzene rings is 3. The maximum absolute atomic E-state index is 13.1. The van der Waals surface area contributed by atoms with Crippen LogP contribution in [0.1, 0.15) is 5.56 Å². The first-order chi connectivity index (χ1) is 12.6. The lowest BCUT2D eigenvalue weighted by atomic mass is 10.1. The van der Waals surface area contributed by atoms with Gasteiger partial charge in [0, 0.05) is 16.3 Å². The van der Waals surface area contributed by atoms with E-state index in [-0.39, 0.29) is 18.3 Å². The molecular formula is C20H16BrClN2O2. The highest BCUT2D eigenvalue weighted by molar-refractivity contribution is 9.10. The third-order valence-corrected chi connectivity index (χ3v) is 4.77. The van der Waals surface area contributed by atoms with E-state index in [2.05, 4.69) is 16.1 Å². The van der Waals surface area contributed by atoms with E-state index in [9.17, 15) is 9.90 Å². The molecule has 1 N–H and O–H groups in total. The predicted molar refractivity (Wildman–Crippen MR) is 109 cm³/mol. The molecule has 26 heavy (non-hydrogen) atoms. The van der Waals surface area contributed by atoms with Gasteiger partial charge in [-0.15, -0.1) is 0 Å². The molecule has 0 saturated heterocycles. The largest absolute Gasteiger partial charge is 0.508 e. The lowest BCUT2D eigenvalue weighted by Crippen LogP contribution is -2.38. The molecular weight excluding hydrogens is 416 g/mol. The van der Waals surface area contributed by atoms with Gasteiger partial charge in [-0.1, -0.05) is 48.0 Å². The summed E-state index contributed by atoms with van der Waals surface area (Å²) in [5.74, 6) is 0.0870. The molecule has 3 rings (SSSR count). The van der Waals surface area contributed by atoms with Crippen molar-refractivity contribution in [3.05, 3.63) is 89.4 Å². The number of phenolic OH excluding ortho intramolecular Hbond substituents is 1. The topological polar surface area (TPSA) is 43.8 Å². The second kappa shape index (κ2) is 8.25. The van der Waals surface area contributed by atoms with Gasteiger partial charge in [0.05, 0.1) is 28.4 Å². The molecule has 0 aliphatic heterocycles. The fraction of sp³-hybridized carbons (Fsp3) is 0.0500. The van der Waals surface area contributed by atoms with Crippen LogP contribution < -0.4 is 8.83 Å². The van der Waals surface area contributed by atoms with E-state index in [1.165, 1.54) is 9.99 Å². The lowest BCUT2D eigenvalue weighted by molar-refractivity contribution is 0.254. The first-order valence-corrected chi connectivity index (χ1v) is 9.00. The highest BCUT2D eigenvalue weighted by atomic mass is 79.9. The predicted octanol–water partition coefficient (Wildman–Crippen LogP) is 5.99. The van der Waals surface area contributed by atoms with E-state index in [0.29, 0.717) is 22.0 Å². The number of urea groups is 1. The van der Waals surface area contributed by atoms with Crippen molar-refractivity contribution in [2.24, 2.45) is 0 Å². The molecule has 0 bridgehead atoms. The van der Waals surface area contributed by atoms with E-state index in [1.54, 1.807) is 17.0 Å². The highest BCUT2D eigenvalue weighted by Gasteiger charge is 2.23. The minimum absolute atomic E-state index is 0.0870. The standard InChI is InChI=1S/C20H16BrClN2O2/c21-24(18-9-5-2-6-10-18)20(26)23(17-7-3-1-4-8-17)14-15-13-16(22)11-12-19(15)25/h1-13,25H,14H2. The summed E-state index contributed by atoms with van der Waals surface area (Å²) in [6.07, 6.45) is 0.